The quantitative estimate of drug-likeness (QED) is 0.421. The third-order valence-electron chi connectivity index (χ3n) is 7.18. The number of hydrogen-bond acceptors (Lipinski definition) is 3. The van der Waals surface area contributed by atoms with Gasteiger partial charge in [0.2, 0.25) is 0 Å². The molecular formula is C29H32N4O. The van der Waals surface area contributed by atoms with E-state index in [9.17, 15) is 4.79 Å². The summed E-state index contributed by atoms with van der Waals surface area (Å²) in [6.07, 6.45) is 8.75. The molecule has 1 saturated heterocycles. The van der Waals surface area contributed by atoms with Gasteiger partial charge in [0.15, 0.2) is 0 Å². The molecule has 3 heterocycles. The van der Waals surface area contributed by atoms with Gasteiger partial charge in [0.05, 0.1) is 0 Å². The van der Waals surface area contributed by atoms with Gasteiger partial charge in [-0.15, -0.1) is 0 Å². The molecule has 2 aromatic heterocycles. The second-order valence-electron chi connectivity index (χ2n) is 9.44. The van der Waals surface area contributed by atoms with Gasteiger partial charge in [-0.2, -0.15) is 0 Å². The number of aromatic nitrogens is 2. The lowest BCUT2D eigenvalue weighted by Crippen LogP contribution is -2.46. The molecule has 5 nitrogen and oxygen atoms in total. The van der Waals surface area contributed by atoms with Crippen molar-refractivity contribution in [2.45, 2.75) is 31.8 Å². The van der Waals surface area contributed by atoms with E-state index in [1.807, 2.05) is 53.8 Å². The molecule has 1 aliphatic rings. The minimum Gasteiger partial charge on any atom is -0.361 e. The van der Waals surface area contributed by atoms with Gasteiger partial charge in [-0.1, -0.05) is 36.4 Å². The van der Waals surface area contributed by atoms with Crippen LogP contribution in [0.3, 0.4) is 0 Å². The van der Waals surface area contributed by atoms with Gasteiger partial charge < -0.3 is 9.88 Å². The van der Waals surface area contributed by atoms with Crippen LogP contribution in [-0.4, -0.2) is 51.9 Å². The predicted octanol–water partition coefficient (Wildman–Crippen LogP) is 5.16. The Morgan fingerprint density at radius 1 is 1.06 bits per heavy atom. The first kappa shape index (κ1) is 22.4. The maximum absolute atomic E-state index is 13.2. The molecule has 0 bridgehead atoms. The number of H-pyrrole nitrogens is 1. The van der Waals surface area contributed by atoms with Crippen molar-refractivity contribution in [3.63, 3.8) is 0 Å². The first-order chi connectivity index (χ1) is 16.7. The SMILES string of the molecule is CN(Cc1cccnc1)[C@H](Cc1ccccc1)C1CCN(C(=O)c2ccc3[nH]ccc3c2)CC1. The number of nitrogens with zero attached hydrogens (tertiary/aromatic N) is 3. The molecule has 1 fully saturated rings. The van der Waals surface area contributed by atoms with Crippen molar-refractivity contribution in [2.75, 3.05) is 20.1 Å². The Bertz CT molecular complexity index is 1210. The maximum atomic E-state index is 13.2. The maximum Gasteiger partial charge on any atom is 0.253 e. The molecule has 0 unspecified atom stereocenters. The second kappa shape index (κ2) is 10.2. The Labute approximate surface area is 201 Å². The monoisotopic (exact) mass is 452 g/mol. The number of aromatic amines is 1. The van der Waals surface area contributed by atoms with Gasteiger partial charge in [-0.05, 0) is 73.7 Å². The van der Waals surface area contributed by atoms with E-state index in [4.69, 9.17) is 0 Å². The van der Waals surface area contributed by atoms with Crippen molar-refractivity contribution < 1.29 is 4.79 Å². The van der Waals surface area contributed by atoms with E-state index in [2.05, 4.69) is 58.3 Å². The molecule has 1 aliphatic heterocycles. The highest BCUT2D eigenvalue weighted by atomic mass is 16.2. The molecule has 0 saturated carbocycles. The molecule has 4 aromatic rings. The summed E-state index contributed by atoms with van der Waals surface area (Å²) in [5, 5.41) is 1.08. The second-order valence-corrected chi connectivity index (χ2v) is 9.44. The van der Waals surface area contributed by atoms with Gasteiger partial charge in [0.1, 0.15) is 0 Å². The number of nitrogens with one attached hydrogen (secondary N) is 1. The van der Waals surface area contributed by atoms with Gasteiger partial charge in [0, 0.05) is 60.7 Å². The fraction of sp³-hybridized carbons (Fsp3) is 0.310. The summed E-state index contributed by atoms with van der Waals surface area (Å²) in [4.78, 5) is 25.2. The zero-order valence-corrected chi connectivity index (χ0v) is 19.7. The minimum atomic E-state index is 0.143. The number of benzene rings is 2. The Balaban J connectivity index is 1.28. The van der Waals surface area contributed by atoms with Crippen LogP contribution >= 0.6 is 0 Å². The van der Waals surface area contributed by atoms with Crippen LogP contribution in [0.25, 0.3) is 10.9 Å². The molecule has 1 atom stereocenters. The molecule has 1 amide bonds. The lowest BCUT2D eigenvalue weighted by Gasteiger charge is -2.40. The van der Waals surface area contributed by atoms with Crippen molar-refractivity contribution in [2.24, 2.45) is 5.92 Å². The number of likely N-dealkylation sites (tertiary alicyclic amines) is 1. The van der Waals surface area contributed by atoms with E-state index in [1.165, 1.54) is 11.1 Å². The van der Waals surface area contributed by atoms with Crippen LogP contribution in [0.2, 0.25) is 0 Å². The zero-order chi connectivity index (χ0) is 23.3. The van der Waals surface area contributed by atoms with Crippen molar-refractivity contribution in [3.05, 3.63) is 102 Å². The molecule has 5 heteroatoms. The van der Waals surface area contributed by atoms with Gasteiger partial charge >= 0.3 is 0 Å². The molecule has 174 valence electrons. The number of amides is 1. The average molecular weight is 453 g/mol. The Hall–Kier alpha value is -3.44. The number of carbonyl (C=O) groups excluding carboxylic acids is 1. The van der Waals surface area contributed by atoms with Crippen molar-refractivity contribution in [3.8, 4) is 0 Å². The lowest BCUT2D eigenvalue weighted by molar-refractivity contribution is 0.0603. The van der Waals surface area contributed by atoms with E-state index in [-0.39, 0.29) is 5.91 Å². The van der Waals surface area contributed by atoms with Crippen molar-refractivity contribution in [1.82, 2.24) is 19.8 Å². The average Bonchev–Trinajstić information content (AvgIpc) is 3.36. The molecular weight excluding hydrogens is 420 g/mol. The summed E-state index contributed by atoms with van der Waals surface area (Å²) in [5.41, 5.74) is 4.44. The summed E-state index contributed by atoms with van der Waals surface area (Å²) in [5.74, 6) is 0.683. The number of rotatable bonds is 7. The summed E-state index contributed by atoms with van der Waals surface area (Å²) in [6.45, 7) is 2.49. The summed E-state index contributed by atoms with van der Waals surface area (Å²) < 4.78 is 0. The van der Waals surface area contributed by atoms with Crippen LogP contribution in [0.4, 0.5) is 0 Å². The van der Waals surface area contributed by atoms with E-state index in [0.29, 0.717) is 12.0 Å². The number of likely N-dealkylation sites (N-methyl/N-ethyl adjacent to an activating group) is 1. The normalized spacial score (nSPS) is 15.6. The fourth-order valence-electron chi connectivity index (χ4n) is 5.29. The van der Waals surface area contributed by atoms with Gasteiger partial charge in [-0.25, -0.2) is 0 Å². The fourth-order valence-corrected chi connectivity index (χ4v) is 5.29. The van der Waals surface area contributed by atoms with E-state index in [0.717, 1.165) is 55.4 Å². The van der Waals surface area contributed by atoms with Crippen molar-refractivity contribution in [1.29, 1.82) is 0 Å². The first-order valence-corrected chi connectivity index (χ1v) is 12.2. The third-order valence-corrected chi connectivity index (χ3v) is 7.18. The molecule has 0 aliphatic carbocycles. The molecule has 34 heavy (non-hydrogen) atoms. The summed E-state index contributed by atoms with van der Waals surface area (Å²) in [6, 6.07) is 23.3. The molecule has 5 rings (SSSR count). The molecule has 1 N–H and O–H groups in total. The Morgan fingerprint density at radius 3 is 2.62 bits per heavy atom. The highest BCUT2D eigenvalue weighted by Crippen LogP contribution is 2.28. The topological polar surface area (TPSA) is 52.2 Å². The molecule has 0 spiro atoms. The smallest absolute Gasteiger partial charge is 0.253 e. The van der Waals surface area contributed by atoms with Crippen molar-refractivity contribution >= 4 is 16.8 Å². The Kier molecular flexibility index (Phi) is 6.72. The number of pyridine rings is 1. The number of piperidine rings is 1. The van der Waals surface area contributed by atoms with Crippen LogP contribution in [-0.2, 0) is 13.0 Å². The molecule has 0 radical (unpaired) electrons. The van der Waals surface area contributed by atoms with Crippen LogP contribution in [0.15, 0.2) is 85.3 Å². The molecule has 2 aromatic carbocycles. The standard InChI is InChI=1S/C29H32N4O/c1-32(21-23-8-5-14-30-20-23)28(18-22-6-3-2-4-7-22)24-12-16-33(17-13-24)29(34)26-9-10-27-25(19-26)11-15-31-27/h2-11,14-15,19-20,24,28,31H,12-13,16-18,21H2,1H3/t28-/m1/s1. The van der Waals surface area contributed by atoms with Gasteiger partial charge in [0.25, 0.3) is 5.91 Å². The van der Waals surface area contributed by atoms with E-state index in [1.54, 1.807) is 0 Å². The minimum absolute atomic E-state index is 0.143. The lowest BCUT2D eigenvalue weighted by atomic mass is 9.84. The van der Waals surface area contributed by atoms with Crippen LogP contribution < -0.4 is 0 Å². The van der Waals surface area contributed by atoms with Crippen LogP contribution in [0, 0.1) is 5.92 Å². The van der Waals surface area contributed by atoms with Crippen LogP contribution in [0.5, 0.6) is 0 Å². The number of fused-ring (bicyclic) bond motifs is 1. The van der Waals surface area contributed by atoms with E-state index < -0.39 is 0 Å². The summed E-state index contributed by atoms with van der Waals surface area (Å²) >= 11 is 0. The summed E-state index contributed by atoms with van der Waals surface area (Å²) in [7, 11) is 2.23. The highest BCUT2D eigenvalue weighted by Gasteiger charge is 2.31. The Morgan fingerprint density at radius 2 is 1.85 bits per heavy atom. The van der Waals surface area contributed by atoms with Crippen LogP contribution in [0.1, 0.15) is 34.3 Å². The number of hydrogen-bond donors (Lipinski definition) is 1. The zero-order valence-electron chi connectivity index (χ0n) is 19.7. The highest BCUT2D eigenvalue weighted by molar-refractivity contribution is 5.98. The van der Waals surface area contributed by atoms with E-state index >= 15 is 0 Å². The first-order valence-electron chi connectivity index (χ1n) is 12.2. The largest absolute Gasteiger partial charge is 0.361 e. The third kappa shape index (κ3) is 5.05. The predicted molar refractivity (Wildman–Crippen MR) is 137 cm³/mol. The number of carbonyl (C=O) groups is 1. The van der Waals surface area contributed by atoms with Gasteiger partial charge in [-0.3, -0.25) is 14.7 Å².